The van der Waals surface area contributed by atoms with Crippen molar-refractivity contribution in [3.63, 3.8) is 0 Å². The van der Waals surface area contributed by atoms with E-state index in [9.17, 15) is 19.5 Å². The Morgan fingerprint density at radius 2 is 1.79 bits per heavy atom. The van der Waals surface area contributed by atoms with Crippen LogP contribution >= 0.6 is 11.8 Å². The molecule has 3 saturated heterocycles. The van der Waals surface area contributed by atoms with Crippen LogP contribution in [-0.2, 0) is 14.4 Å². The van der Waals surface area contributed by atoms with Crippen molar-refractivity contribution in [2.24, 2.45) is 11.8 Å². The Labute approximate surface area is 255 Å². The first kappa shape index (κ1) is 30.9. The highest BCUT2D eigenvalue weighted by Gasteiger charge is 2.78. The largest absolute Gasteiger partial charge is 0.394 e. The van der Waals surface area contributed by atoms with Gasteiger partial charge in [-0.05, 0) is 44.6 Å². The number of aliphatic hydroxyl groups is 1. The lowest BCUT2D eigenvalue weighted by Gasteiger charge is -2.42. The zero-order chi connectivity index (χ0) is 30.1. The van der Waals surface area contributed by atoms with E-state index in [1.807, 2.05) is 47.1 Å². The minimum Gasteiger partial charge on any atom is -0.394 e. The van der Waals surface area contributed by atoms with Gasteiger partial charge < -0.3 is 19.8 Å². The van der Waals surface area contributed by atoms with Gasteiger partial charge in [-0.15, -0.1) is 24.9 Å². The molecule has 3 amide bonds. The van der Waals surface area contributed by atoms with Crippen molar-refractivity contribution in [2.45, 2.75) is 92.8 Å². The summed E-state index contributed by atoms with van der Waals surface area (Å²) in [5, 5.41) is 10.8. The smallest absolute Gasteiger partial charge is 0.247 e. The number of nitrogens with zero attached hydrogens (tertiary/aromatic N) is 3. The predicted octanol–water partition coefficient (Wildman–Crippen LogP) is 4.97. The summed E-state index contributed by atoms with van der Waals surface area (Å²) in [5.74, 6) is -1.42. The lowest BCUT2D eigenvalue weighted by molar-refractivity contribution is -0.148. The molecule has 1 aromatic carbocycles. The van der Waals surface area contributed by atoms with Crippen LogP contribution in [0, 0.1) is 11.8 Å². The van der Waals surface area contributed by atoms with E-state index in [2.05, 4.69) is 20.1 Å². The predicted molar refractivity (Wildman–Crippen MR) is 168 cm³/mol. The third kappa shape index (κ3) is 5.02. The Morgan fingerprint density at radius 1 is 1.10 bits per heavy atom. The molecule has 1 saturated carbocycles. The number of hydrogen-bond acceptors (Lipinski definition) is 5. The molecule has 2 bridgehead atoms. The minimum atomic E-state index is -0.766. The van der Waals surface area contributed by atoms with Crippen LogP contribution < -0.4 is 0 Å². The fourth-order valence-electron chi connectivity index (χ4n) is 8.41. The number of hydrogen-bond donors (Lipinski definition) is 1. The minimum absolute atomic E-state index is 0.0183. The summed E-state index contributed by atoms with van der Waals surface area (Å²) in [6.07, 6.45) is 11.0. The molecule has 1 aliphatic carbocycles. The summed E-state index contributed by atoms with van der Waals surface area (Å²) >= 11 is 1.70. The summed E-state index contributed by atoms with van der Waals surface area (Å²) in [5.41, 5.74) is 0.795. The van der Waals surface area contributed by atoms with E-state index in [-0.39, 0.29) is 30.4 Å². The molecule has 228 valence electrons. The fourth-order valence-corrected chi connectivity index (χ4v) is 10.7. The van der Waals surface area contributed by atoms with Crippen molar-refractivity contribution in [1.29, 1.82) is 0 Å². The average molecular weight is 594 g/mol. The second kappa shape index (κ2) is 12.6. The van der Waals surface area contributed by atoms with E-state index in [4.69, 9.17) is 0 Å². The molecule has 4 fully saturated rings. The van der Waals surface area contributed by atoms with Gasteiger partial charge in [0.05, 0.1) is 29.2 Å². The molecule has 0 aromatic heterocycles. The number of aliphatic hydroxyl groups excluding tert-OH is 1. The maximum absolute atomic E-state index is 15.0. The highest BCUT2D eigenvalue weighted by Crippen LogP contribution is 2.72. The second-order valence-electron chi connectivity index (χ2n) is 12.7. The van der Waals surface area contributed by atoms with Crippen LogP contribution in [0.3, 0.4) is 0 Å². The third-order valence-corrected chi connectivity index (χ3v) is 12.2. The zero-order valence-corrected chi connectivity index (χ0v) is 26.1. The maximum atomic E-state index is 15.0. The van der Waals surface area contributed by atoms with Crippen molar-refractivity contribution in [3.05, 3.63) is 61.2 Å². The second-order valence-corrected chi connectivity index (χ2v) is 14.6. The average Bonchev–Trinajstić information content (AvgIpc) is 3.57. The highest BCUT2D eigenvalue weighted by molar-refractivity contribution is 8.02. The molecule has 1 spiro atoms. The van der Waals surface area contributed by atoms with Crippen molar-refractivity contribution in [3.8, 4) is 0 Å². The summed E-state index contributed by atoms with van der Waals surface area (Å²) in [4.78, 5) is 49.6. The SMILES string of the molecule is C=CCN(CCC)C(=O)[C@H]1[C@H]2C(=O)N([C@H](CO)c3ccccc3)C(C(=O)N(CC=C)C3CCCCC3)C23CC[C@]1(C)S3. The summed E-state index contributed by atoms with van der Waals surface area (Å²) in [7, 11) is 0. The van der Waals surface area contributed by atoms with Crippen LogP contribution in [0.15, 0.2) is 55.6 Å². The van der Waals surface area contributed by atoms with Gasteiger partial charge in [-0.1, -0.05) is 68.7 Å². The van der Waals surface area contributed by atoms with Gasteiger partial charge in [-0.25, -0.2) is 0 Å². The first-order valence-electron chi connectivity index (χ1n) is 15.8. The molecule has 6 atom stereocenters. The molecule has 5 rings (SSSR count). The van der Waals surface area contributed by atoms with E-state index < -0.39 is 33.4 Å². The molecule has 3 heterocycles. The summed E-state index contributed by atoms with van der Waals surface area (Å²) < 4.78 is -1.17. The summed E-state index contributed by atoms with van der Waals surface area (Å²) in [6, 6.07) is 8.18. The van der Waals surface area contributed by atoms with Gasteiger partial charge in [0.25, 0.3) is 0 Å². The first-order chi connectivity index (χ1) is 20.3. The Balaban J connectivity index is 1.63. The van der Waals surface area contributed by atoms with Crippen molar-refractivity contribution in [1.82, 2.24) is 14.7 Å². The first-order valence-corrected chi connectivity index (χ1v) is 16.6. The Hall–Kier alpha value is -2.58. The number of thioether (sulfide) groups is 1. The molecule has 1 N–H and O–H groups in total. The van der Waals surface area contributed by atoms with Gasteiger partial charge in [0.2, 0.25) is 17.7 Å². The monoisotopic (exact) mass is 593 g/mol. The molecule has 0 radical (unpaired) electrons. The van der Waals surface area contributed by atoms with Gasteiger partial charge in [0, 0.05) is 30.4 Å². The molecular formula is C34H47N3O4S. The number of carbonyl (C=O) groups excluding carboxylic acids is 3. The molecule has 8 heteroatoms. The molecule has 2 unspecified atom stereocenters. The molecule has 4 aliphatic rings. The fraction of sp³-hybridized carbons (Fsp3) is 0.618. The highest BCUT2D eigenvalue weighted by atomic mass is 32.2. The number of benzene rings is 1. The van der Waals surface area contributed by atoms with Crippen LogP contribution in [0.5, 0.6) is 0 Å². The topological polar surface area (TPSA) is 81.2 Å². The Bertz CT molecular complexity index is 1190. The Kier molecular flexibility index (Phi) is 9.24. The van der Waals surface area contributed by atoms with Gasteiger partial charge in [-0.3, -0.25) is 14.4 Å². The number of fused-ring (bicyclic) bond motifs is 1. The van der Waals surface area contributed by atoms with Gasteiger partial charge >= 0.3 is 0 Å². The molecule has 1 aromatic rings. The van der Waals surface area contributed by atoms with Gasteiger partial charge in [-0.2, -0.15) is 0 Å². The lowest BCUT2D eigenvalue weighted by Crippen LogP contribution is -2.58. The molecule has 3 aliphatic heterocycles. The van der Waals surface area contributed by atoms with Crippen LogP contribution in [0.1, 0.15) is 76.8 Å². The van der Waals surface area contributed by atoms with Crippen LogP contribution in [0.4, 0.5) is 0 Å². The molecule has 42 heavy (non-hydrogen) atoms. The normalized spacial score (nSPS) is 31.1. The van der Waals surface area contributed by atoms with Crippen molar-refractivity contribution < 1.29 is 19.5 Å². The zero-order valence-electron chi connectivity index (χ0n) is 25.2. The summed E-state index contributed by atoms with van der Waals surface area (Å²) in [6.45, 7) is 13.2. The van der Waals surface area contributed by atoms with E-state index in [0.717, 1.165) is 44.1 Å². The van der Waals surface area contributed by atoms with E-state index in [1.54, 1.807) is 28.8 Å². The number of amides is 3. The quantitative estimate of drug-likeness (QED) is 0.346. The van der Waals surface area contributed by atoms with Crippen LogP contribution in [0.25, 0.3) is 0 Å². The van der Waals surface area contributed by atoms with Crippen LogP contribution in [-0.4, -0.2) is 85.3 Å². The standard InChI is InChI=1S/C34H47N3O4S/c1-5-20-35(21-6-2)30(39)27-28-31(40)37(26(23-38)24-14-10-8-11-15-24)29(34(28)19-18-33(27,4)42-34)32(41)36(22-7-3)25-16-12-9-13-17-25/h5,7-8,10-11,14-15,25-29,38H,1,3,6,9,12-13,16-23H2,2,4H3/t26-,27-,28+,29?,33+,34?/m1/s1. The van der Waals surface area contributed by atoms with E-state index in [0.29, 0.717) is 26.1 Å². The molecule has 7 nitrogen and oxygen atoms in total. The van der Waals surface area contributed by atoms with E-state index >= 15 is 0 Å². The Morgan fingerprint density at radius 3 is 2.40 bits per heavy atom. The number of carbonyl (C=O) groups is 3. The van der Waals surface area contributed by atoms with Crippen LogP contribution in [0.2, 0.25) is 0 Å². The van der Waals surface area contributed by atoms with Crippen molar-refractivity contribution >= 4 is 29.5 Å². The van der Waals surface area contributed by atoms with Gasteiger partial charge in [0.15, 0.2) is 0 Å². The van der Waals surface area contributed by atoms with Gasteiger partial charge in [0.1, 0.15) is 6.04 Å². The van der Waals surface area contributed by atoms with Crippen molar-refractivity contribution in [2.75, 3.05) is 26.2 Å². The maximum Gasteiger partial charge on any atom is 0.247 e. The third-order valence-electron chi connectivity index (χ3n) is 10.2. The number of rotatable bonds is 12. The van der Waals surface area contributed by atoms with E-state index in [1.165, 1.54) is 6.42 Å². The molecular weight excluding hydrogens is 546 g/mol. The number of likely N-dealkylation sites (tertiary alicyclic amines) is 1. The lowest BCUT2D eigenvalue weighted by atomic mass is 9.66.